The van der Waals surface area contributed by atoms with Gasteiger partial charge in [-0.05, 0) is 67.1 Å². The van der Waals surface area contributed by atoms with Crippen molar-refractivity contribution in [3.05, 3.63) is 77.4 Å². The van der Waals surface area contributed by atoms with Crippen LogP contribution in [-0.2, 0) is 9.59 Å². The fourth-order valence-electron chi connectivity index (χ4n) is 4.36. The predicted molar refractivity (Wildman–Crippen MR) is 143 cm³/mol. The molecule has 0 saturated carbocycles. The summed E-state index contributed by atoms with van der Waals surface area (Å²) in [4.78, 5) is 32.8. The number of amides is 1. The lowest BCUT2D eigenvalue weighted by atomic mass is 9.95. The van der Waals surface area contributed by atoms with Gasteiger partial charge in [0.15, 0.2) is 16.6 Å². The molecule has 2 heterocycles. The molecule has 1 atom stereocenters. The van der Waals surface area contributed by atoms with Crippen molar-refractivity contribution in [1.29, 1.82) is 0 Å². The second kappa shape index (κ2) is 10.1. The lowest BCUT2D eigenvalue weighted by molar-refractivity contribution is -0.132. The maximum absolute atomic E-state index is 13.5. The Hall–Kier alpha value is -4.57. The lowest BCUT2D eigenvalue weighted by Gasteiger charge is -2.23. The van der Waals surface area contributed by atoms with Crippen LogP contribution in [0.5, 0.6) is 23.0 Å². The molecule has 1 saturated heterocycles. The van der Waals surface area contributed by atoms with Crippen LogP contribution < -0.4 is 19.1 Å². The van der Waals surface area contributed by atoms with E-state index >= 15 is 0 Å². The number of hydrogen-bond donors (Lipinski definition) is 2. The molecule has 0 spiro atoms. The highest BCUT2D eigenvalue weighted by atomic mass is 32.1. The summed E-state index contributed by atoms with van der Waals surface area (Å²) in [6, 6.07) is 15.4. The molecule has 1 amide bonds. The number of ether oxygens (including phenoxy) is 3. The van der Waals surface area contributed by atoms with Gasteiger partial charge in [0.2, 0.25) is 0 Å². The van der Waals surface area contributed by atoms with Crippen molar-refractivity contribution in [1.82, 2.24) is 4.98 Å². The highest BCUT2D eigenvalue weighted by molar-refractivity contribution is 7.22. The van der Waals surface area contributed by atoms with E-state index in [2.05, 4.69) is 4.98 Å². The number of phenolic OH excluding ortho intramolecular Hbond substituents is 1. The Bertz CT molecular complexity index is 1580. The zero-order valence-electron chi connectivity index (χ0n) is 20.8. The third kappa shape index (κ3) is 4.28. The molecule has 194 valence electrons. The van der Waals surface area contributed by atoms with Gasteiger partial charge in [-0.3, -0.25) is 14.5 Å². The van der Waals surface area contributed by atoms with E-state index < -0.39 is 17.7 Å². The van der Waals surface area contributed by atoms with Crippen molar-refractivity contribution in [2.24, 2.45) is 0 Å². The van der Waals surface area contributed by atoms with Gasteiger partial charge in [-0.15, -0.1) is 0 Å². The summed E-state index contributed by atoms with van der Waals surface area (Å²) < 4.78 is 16.8. The van der Waals surface area contributed by atoms with Crippen molar-refractivity contribution >= 4 is 44.1 Å². The third-order valence-corrected chi connectivity index (χ3v) is 7.21. The van der Waals surface area contributed by atoms with E-state index in [0.717, 1.165) is 4.70 Å². The number of aliphatic hydroxyl groups is 1. The summed E-state index contributed by atoms with van der Waals surface area (Å²) in [5.41, 5.74) is 1.31. The maximum atomic E-state index is 13.5. The number of benzene rings is 3. The molecule has 1 aromatic heterocycles. The van der Waals surface area contributed by atoms with Crippen LogP contribution in [0.4, 0.5) is 5.13 Å². The Balaban J connectivity index is 1.70. The van der Waals surface area contributed by atoms with E-state index in [1.165, 1.54) is 35.5 Å². The molecular formula is C28H24N2O7S. The number of carbonyl (C=O) groups is 2. The fraction of sp³-hybridized carbons (Fsp3) is 0.179. The Morgan fingerprint density at radius 3 is 2.42 bits per heavy atom. The summed E-state index contributed by atoms with van der Waals surface area (Å²) in [6.45, 7) is 2.34. The number of phenols is 1. The van der Waals surface area contributed by atoms with E-state index in [1.807, 2.05) is 6.92 Å². The maximum Gasteiger partial charge on any atom is 0.301 e. The van der Waals surface area contributed by atoms with Gasteiger partial charge >= 0.3 is 5.91 Å². The normalized spacial score (nSPS) is 16.7. The number of ketones is 1. The summed E-state index contributed by atoms with van der Waals surface area (Å²) in [5.74, 6) is -0.742. The molecule has 0 radical (unpaired) electrons. The molecule has 0 bridgehead atoms. The first-order chi connectivity index (χ1) is 18.4. The second-order valence-corrected chi connectivity index (χ2v) is 9.40. The summed E-state index contributed by atoms with van der Waals surface area (Å²) in [7, 11) is 2.96. The monoisotopic (exact) mass is 532 g/mol. The minimum Gasteiger partial charge on any atom is -0.507 e. The minimum absolute atomic E-state index is 0.105. The highest BCUT2D eigenvalue weighted by Crippen LogP contribution is 2.46. The number of rotatable bonds is 7. The Morgan fingerprint density at radius 1 is 1.00 bits per heavy atom. The number of hydrogen-bond acceptors (Lipinski definition) is 9. The molecule has 1 unspecified atom stereocenters. The fourth-order valence-corrected chi connectivity index (χ4v) is 5.38. The van der Waals surface area contributed by atoms with Gasteiger partial charge in [0.05, 0.1) is 42.7 Å². The average molecular weight is 533 g/mol. The van der Waals surface area contributed by atoms with Crippen molar-refractivity contribution in [2.45, 2.75) is 13.0 Å². The number of nitrogens with zero attached hydrogens (tertiary/aromatic N) is 2. The number of anilines is 1. The molecule has 38 heavy (non-hydrogen) atoms. The molecule has 3 aromatic carbocycles. The number of thiazole rings is 1. The van der Waals surface area contributed by atoms with Crippen LogP contribution >= 0.6 is 11.3 Å². The van der Waals surface area contributed by atoms with E-state index in [-0.39, 0.29) is 28.0 Å². The van der Waals surface area contributed by atoms with Crippen molar-refractivity contribution < 1.29 is 34.0 Å². The number of aromatic nitrogens is 1. The van der Waals surface area contributed by atoms with Gasteiger partial charge in [-0.1, -0.05) is 17.4 Å². The number of aliphatic hydroxyl groups excluding tert-OH is 1. The SMILES string of the molecule is CCOc1ccc(/C(O)=C2\C(=O)C(=O)N(c3nc4ccc(OC)cc4s3)C2c2ccc(O)c(OC)c2)cc1. The molecule has 1 fully saturated rings. The minimum atomic E-state index is -1.03. The largest absolute Gasteiger partial charge is 0.507 e. The van der Waals surface area contributed by atoms with Gasteiger partial charge < -0.3 is 24.4 Å². The quantitative estimate of drug-likeness (QED) is 0.193. The van der Waals surface area contributed by atoms with Gasteiger partial charge in [-0.2, -0.15) is 0 Å². The molecule has 1 aliphatic heterocycles. The smallest absolute Gasteiger partial charge is 0.301 e. The second-order valence-electron chi connectivity index (χ2n) is 8.39. The van der Waals surface area contributed by atoms with Crippen molar-refractivity contribution in [2.75, 3.05) is 25.7 Å². The van der Waals surface area contributed by atoms with Gasteiger partial charge in [0.25, 0.3) is 5.78 Å². The highest BCUT2D eigenvalue weighted by Gasteiger charge is 2.48. The first-order valence-corrected chi connectivity index (χ1v) is 12.5. The van der Waals surface area contributed by atoms with Crippen LogP contribution in [0.15, 0.2) is 66.2 Å². The molecule has 5 rings (SSSR count). The van der Waals surface area contributed by atoms with Gasteiger partial charge in [-0.25, -0.2) is 4.98 Å². The molecular weight excluding hydrogens is 508 g/mol. The molecule has 0 aliphatic carbocycles. The number of methoxy groups -OCH3 is 2. The van der Waals surface area contributed by atoms with Crippen LogP contribution in [0.1, 0.15) is 24.1 Å². The van der Waals surface area contributed by atoms with E-state index in [4.69, 9.17) is 14.2 Å². The third-order valence-electron chi connectivity index (χ3n) is 6.19. The first-order valence-electron chi connectivity index (χ1n) is 11.7. The zero-order chi connectivity index (χ0) is 27.0. The van der Waals surface area contributed by atoms with Crippen molar-refractivity contribution in [3.63, 3.8) is 0 Å². The molecule has 10 heteroatoms. The van der Waals surface area contributed by atoms with Gasteiger partial charge in [0, 0.05) is 5.56 Å². The van der Waals surface area contributed by atoms with E-state index in [0.29, 0.717) is 34.7 Å². The Kier molecular flexibility index (Phi) is 6.64. The summed E-state index contributed by atoms with van der Waals surface area (Å²) in [5, 5.41) is 21.8. The molecule has 4 aromatic rings. The number of aromatic hydroxyl groups is 1. The lowest BCUT2D eigenvalue weighted by Crippen LogP contribution is -2.29. The van der Waals surface area contributed by atoms with E-state index in [9.17, 15) is 19.8 Å². The van der Waals surface area contributed by atoms with E-state index in [1.54, 1.807) is 55.6 Å². The number of Topliss-reactive ketones (excluding diaryl/α,β-unsaturated/α-hetero) is 1. The van der Waals surface area contributed by atoms with Gasteiger partial charge in [0.1, 0.15) is 17.3 Å². The standard InChI is InChI=1S/C28H24N2O7S/c1-4-37-17-8-5-15(6-9-17)25(32)23-24(16-7-12-20(31)21(13-16)36-3)30(27(34)26(23)33)28-29-19-11-10-18(35-2)14-22(19)38-28/h5-14,24,31-32H,4H2,1-3H3/b25-23+. The van der Waals surface area contributed by atoms with Crippen LogP contribution in [0.3, 0.4) is 0 Å². The van der Waals surface area contributed by atoms with Crippen LogP contribution in [-0.4, -0.2) is 47.7 Å². The topological polar surface area (TPSA) is 118 Å². The first kappa shape index (κ1) is 25.1. The zero-order valence-corrected chi connectivity index (χ0v) is 21.6. The summed E-state index contributed by atoms with van der Waals surface area (Å²) in [6.07, 6.45) is 0. The number of carbonyl (C=O) groups excluding carboxylic acids is 2. The molecule has 9 nitrogen and oxygen atoms in total. The Labute approximate surface area is 222 Å². The molecule has 1 aliphatic rings. The van der Waals surface area contributed by atoms with Crippen LogP contribution in [0.2, 0.25) is 0 Å². The van der Waals surface area contributed by atoms with Crippen LogP contribution in [0.25, 0.3) is 16.0 Å². The summed E-state index contributed by atoms with van der Waals surface area (Å²) >= 11 is 1.22. The molecule has 2 N–H and O–H groups in total. The van der Waals surface area contributed by atoms with Crippen LogP contribution in [0, 0.1) is 0 Å². The Morgan fingerprint density at radius 2 is 1.74 bits per heavy atom. The number of fused-ring (bicyclic) bond motifs is 1. The van der Waals surface area contributed by atoms with Crippen molar-refractivity contribution in [3.8, 4) is 23.0 Å². The predicted octanol–water partition coefficient (Wildman–Crippen LogP) is 5.04. The average Bonchev–Trinajstić information content (AvgIpc) is 3.46.